The Kier molecular flexibility index (Phi) is 8.38. The summed E-state index contributed by atoms with van der Waals surface area (Å²) < 4.78 is 6.48. The van der Waals surface area contributed by atoms with Crippen molar-refractivity contribution in [1.29, 1.82) is 0 Å². The molecule has 5 aliphatic rings. The van der Waals surface area contributed by atoms with E-state index in [0.717, 1.165) is 57.7 Å². The Labute approximate surface area is 252 Å². The number of carbonyl (C=O) groups is 3. The van der Waals surface area contributed by atoms with Gasteiger partial charge in [0.05, 0.1) is 28.0 Å². The van der Waals surface area contributed by atoms with Crippen LogP contribution < -0.4 is 10.6 Å². The molecule has 0 unspecified atom stereocenters. The number of benzene rings is 1. The summed E-state index contributed by atoms with van der Waals surface area (Å²) in [6, 6.07) is 4.19. The number of amides is 3. The van der Waals surface area contributed by atoms with E-state index in [4.69, 9.17) is 27.9 Å². The van der Waals surface area contributed by atoms with Crippen LogP contribution in [-0.4, -0.2) is 77.5 Å². The van der Waals surface area contributed by atoms with Gasteiger partial charge in [-0.15, -0.1) is 0 Å². The molecule has 3 amide bonds. The normalized spacial score (nSPS) is 32.0. The minimum Gasteiger partial charge on any atom is -0.359 e. The molecule has 41 heavy (non-hydrogen) atoms. The molecule has 4 heterocycles. The van der Waals surface area contributed by atoms with Crippen molar-refractivity contribution in [2.75, 3.05) is 31.5 Å². The number of fused-ring (bicyclic) bond motifs is 1. The van der Waals surface area contributed by atoms with Crippen LogP contribution in [0.5, 0.6) is 0 Å². The molecule has 10 heteroatoms. The van der Waals surface area contributed by atoms with Gasteiger partial charge in [-0.3, -0.25) is 14.4 Å². The van der Waals surface area contributed by atoms with Crippen molar-refractivity contribution in [1.82, 2.24) is 15.1 Å². The maximum Gasteiger partial charge on any atom is 0.246 e. The van der Waals surface area contributed by atoms with Crippen molar-refractivity contribution in [2.45, 2.75) is 82.1 Å². The number of hydrogen-bond donors (Lipinski definition) is 2. The molecule has 1 spiro atoms. The van der Waals surface area contributed by atoms with Crippen LogP contribution in [0.4, 0.5) is 5.69 Å². The number of anilines is 1. The van der Waals surface area contributed by atoms with Crippen LogP contribution in [-0.2, 0) is 19.1 Å². The van der Waals surface area contributed by atoms with Gasteiger partial charge in [0.2, 0.25) is 17.7 Å². The van der Waals surface area contributed by atoms with Crippen molar-refractivity contribution in [3.63, 3.8) is 0 Å². The molecule has 2 N–H and O–H groups in total. The van der Waals surface area contributed by atoms with Crippen LogP contribution in [0.2, 0.25) is 10.0 Å². The van der Waals surface area contributed by atoms with Crippen LogP contribution in [0.1, 0.15) is 58.3 Å². The highest BCUT2D eigenvalue weighted by atomic mass is 35.5. The predicted octanol–water partition coefficient (Wildman–Crippen LogP) is 4.65. The van der Waals surface area contributed by atoms with E-state index in [1.807, 2.05) is 12.2 Å². The fourth-order valence-corrected chi connectivity index (χ4v) is 7.88. The van der Waals surface area contributed by atoms with Crippen molar-refractivity contribution in [3.8, 4) is 0 Å². The van der Waals surface area contributed by atoms with E-state index in [9.17, 15) is 14.4 Å². The lowest BCUT2D eigenvalue weighted by Gasteiger charge is -2.35. The first kappa shape index (κ1) is 29.0. The third-order valence-corrected chi connectivity index (χ3v) is 10.6. The Morgan fingerprint density at radius 1 is 1.02 bits per heavy atom. The summed E-state index contributed by atoms with van der Waals surface area (Å²) >= 11 is 12.2. The van der Waals surface area contributed by atoms with Crippen molar-refractivity contribution in [3.05, 3.63) is 40.4 Å². The Hall–Kier alpha value is -2.13. The molecule has 1 aromatic carbocycles. The second-order valence-electron chi connectivity index (χ2n) is 12.6. The molecular formula is C31H40Cl2N4O4. The van der Waals surface area contributed by atoms with Gasteiger partial charge in [0.15, 0.2) is 0 Å². The lowest BCUT2D eigenvalue weighted by molar-refractivity contribution is -0.141. The first-order chi connectivity index (χ1) is 19.8. The molecule has 4 aliphatic heterocycles. The summed E-state index contributed by atoms with van der Waals surface area (Å²) in [5.74, 6) is -1.44. The van der Waals surface area contributed by atoms with Gasteiger partial charge in [-0.2, -0.15) is 0 Å². The Morgan fingerprint density at radius 3 is 2.51 bits per heavy atom. The van der Waals surface area contributed by atoms with Gasteiger partial charge >= 0.3 is 0 Å². The van der Waals surface area contributed by atoms with Gasteiger partial charge < -0.3 is 25.2 Å². The van der Waals surface area contributed by atoms with Gasteiger partial charge in [-0.25, -0.2) is 0 Å². The molecule has 3 saturated heterocycles. The van der Waals surface area contributed by atoms with E-state index < -0.39 is 29.6 Å². The topological polar surface area (TPSA) is 91.0 Å². The van der Waals surface area contributed by atoms with E-state index in [1.165, 1.54) is 19.3 Å². The Morgan fingerprint density at radius 2 is 1.78 bits per heavy atom. The fourth-order valence-electron chi connectivity index (χ4n) is 7.58. The average molecular weight is 604 g/mol. The number of nitrogens with zero attached hydrogens (tertiary/aromatic N) is 2. The molecule has 0 radical (unpaired) electrons. The quantitative estimate of drug-likeness (QED) is 0.423. The van der Waals surface area contributed by atoms with E-state index in [2.05, 4.69) is 22.5 Å². The van der Waals surface area contributed by atoms with E-state index >= 15 is 0 Å². The highest BCUT2D eigenvalue weighted by Gasteiger charge is 2.72. The summed E-state index contributed by atoms with van der Waals surface area (Å²) in [4.78, 5) is 46.0. The van der Waals surface area contributed by atoms with Gasteiger partial charge in [0.25, 0.3) is 0 Å². The van der Waals surface area contributed by atoms with Crippen LogP contribution in [0.25, 0.3) is 0 Å². The standard InChI is InChI=1S/C31H40Cl2N4O4/c1-19-11-16-36(17-12-19)14-5-15-37-27(29(39)34-20-6-3-2-4-7-20)31-13-10-24(41-31)25(26(31)30(37)40)28(38)35-21-8-9-22(32)23(33)18-21/h8-10,13,18-20,24-27H,2-7,11-12,14-17H2,1H3,(H,34,39)(H,35,38)/t24-,25+,26-,27+,31-/m0/s1. The number of rotatable bonds is 8. The first-order valence-corrected chi connectivity index (χ1v) is 16.0. The van der Waals surface area contributed by atoms with E-state index in [1.54, 1.807) is 23.1 Å². The third-order valence-electron chi connectivity index (χ3n) is 9.81. The zero-order valence-corrected chi connectivity index (χ0v) is 25.1. The minimum atomic E-state index is -1.15. The molecule has 222 valence electrons. The summed E-state index contributed by atoms with van der Waals surface area (Å²) in [5.41, 5.74) is -0.657. The summed E-state index contributed by atoms with van der Waals surface area (Å²) in [7, 11) is 0. The molecule has 0 aromatic heterocycles. The number of halogens is 2. The second kappa shape index (κ2) is 11.9. The average Bonchev–Trinajstić information content (AvgIpc) is 3.60. The third kappa shape index (κ3) is 5.53. The summed E-state index contributed by atoms with van der Waals surface area (Å²) in [5, 5.41) is 6.88. The van der Waals surface area contributed by atoms with Crippen molar-refractivity contribution >= 4 is 46.6 Å². The predicted molar refractivity (Wildman–Crippen MR) is 159 cm³/mol. The fraction of sp³-hybridized carbons (Fsp3) is 0.645. The highest BCUT2D eigenvalue weighted by Crippen LogP contribution is 2.55. The molecule has 1 aliphatic carbocycles. The van der Waals surface area contributed by atoms with E-state index in [-0.39, 0.29) is 23.8 Å². The Bertz CT molecular complexity index is 1210. The Balaban J connectivity index is 1.23. The minimum absolute atomic E-state index is 0.107. The number of nitrogens with one attached hydrogen (secondary N) is 2. The molecule has 8 nitrogen and oxygen atoms in total. The maximum absolute atomic E-state index is 14.2. The molecule has 1 saturated carbocycles. The second-order valence-corrected chi connectivity index (χ2v) is 13.4. The van der Waals surface area contributed by atoms with Gasteiger partial charge in [-0.05, 0) is 75.9 Å². The van der Waals surface area contributed by atoms with Crippen molar-refractivity contribution < 1.29 is 19.1 Å². The van der Waals surface area contributed by atoms with Crippen LogP contribution >= 0.6 is 23.2 Å². The van der Waals surface area contributed by atoms with E-state index in [0.29, 0.717) is 22.3 Å². The number of likely N-dealkylation sites (tertiary alicyclic amines) is 2. The smallest absolute Gasteiger partial charge is 0.246 e. The van der Waals surface area contributed by atoms with Gasteiger partial charge in [-0.1, -0.05) is 61.5 Å². The molecule has 1 aromatic rings. The molecule has 5 atom stereocenters. The molecule has 6 rings (SSSR count). The SMILES string of the molecule is CC1CCN(CCCN2C(=O)[C@@H]3[C@H](C(=O)Nc4ccc(Cl)c(Cl)c4)[C@@H]4C=C[C@@]3(O4)[C@H]2C(=O)NC2CCCCC2)CC1. The number of piperidine rings is 1. The van der Waals surface area contributed by atoms with Gasteiger partial charge in [0, 0.05) is 18.3 Å². The molecular weight excluding hydrogens is 563 g/mol. The largest absolute Gasteiger partial charge is 0.359 e. The number of ether oxygens (including phenoxy) is 1. The van der Waals surface area contributed by atoms with Crippen molar-refractivity contribution in [2.24, 2.45) is 17.8 Å². The van der Waals surface area contributed by atoms with Crippen LogP contribution in [0.15, 0.2) is 30.4 Å². The molecule has 2 bridgehead atoms. The zero-order valence-electron chi connectivity index (χ0n) is 23.6. The lowest BCUT2D eigenvalue weighted by atomic mass is 9.74. The van der Waals surface area contributed by atoms with Crippen LogP contribution in [0, 0.1) is 17.8 Å². The number of carbonyl (C=O) groups excluding carboxylic acids is 3. The van der Waals surface area contributed by atoms with Crippen LogP contribution in [0.3, 0.4) is 0 Å². The molecule has 4 fully saturated rings. The number of hydrogen-bond acceptors (Lipinski definition) is 5. The summed E-state index contributed by atoms with van der Waals surface area (Å²) in [6.45, 7) is 5.76. The first-order valence-electron chi connectivity index (χ1n) is 15.2. The van der Waals surface area contributed by atoms with Gasteiger partial charge in [0.1, 0.15) is 11.6 Å². The summed E-state index contributed by atoms with van der Waals surface area (Å²) in [6.07, 6.45) is 11.6. The highest BCUT2D eigenvalue weighted by molar-refractivity contribution is 6.42. The lowest BCUT2D eigenvalue weighted by Crippen LogP contribution is -2.56. The maximum atomic E-state index is 14.2. The monoisotopic (exact) mass is 602 g/mol. The zero-order chi connectivity index (χ0) is 28.7.